The van der Waals surface area contributed by atoms with Crippen molar-refractivity contribution in [3.63, 3.8) is 0 Å². The van der Waals surface area contributed by atoms with E-state index in [1.54, 1.807) is 18.9 Å². The summed E-state index contributed by atoms with van der Waals surface area (Å²) in [6.45, 7) is 2.20. The van der Waals surface area contributed by atoms with Crippen LogP contribution in [0.2, 0.25) is 0 Å². The summed E-state index contributed by atoms with van der Waals surface area (Å²) in [7, 11) is 1.69. The number of amides is 1. The zero-order valence-electron chi connectivity index (χ0n) is 10.4. The Bertz CT molecular complexity index is 610. The second-order valence-electron chi connectivity index (χ2n) is 4.36. The summed E-state index contributed by atoms with van der Waals surface area (Å²) in [6.07, 6.45) is 1.47. The van der Waals surface area contributed by atoms with Crippen LogP contribution in [0, 0.1) is 17.2 Å². The first-order chi connectivity index (χ1) is 8.63. The van der Waals surface area contributed by atoms with Gasteiger partial charge in [-0.2, -0.15) is 5.26 Å². The SMILES string of the molecule is CC(C#N)CN(C)C(=O)c1coc2ccccc12. The van der Waals surface area contributed by atoms with E-state index in [2.05, 4.69) is 6.07 Å². The highest BCUT2D eigenvalue weighted by Crippen LogP contribution is 2.21. The smallest absolute Gasteiger partial charge is 0.257 e. The molecule has 0 saturated heterocycles. The van der Waals surface area contributed by atoms with Gasteiger partial charge >= 0.3 is 0 Å². The molecule has 0 aliphatic heterocycles. The van der Waals surface area contributed by atoms with E-state index >= 15 is 0 Å². The first kappa shape index (κ1) is 12.2. The van der Waals surface area contributed by atoms with Crippen molar-refractivity contribution in [2.75, 3.05) is 13.6 Å². The highest BCUT2D eigenvalue weighted by Gasteiger charge is 2.18. The number of nitrogens with zero attached hydrogens (tertiary/aromatic N) is 2. The third-order valence-corrected chi connectivity index (χ3v) is 2.83. The molecule has 1 unspecified atom stereocenters. The first-order valence-corrected chi connectivity index (χ1v) is 5.74. The maximum Gasteiger partial charge on any atom is 0.257 e. The summed E-state index contributed by atoms with van der Waals surface area (Å²) in [5, 5.41) is 9.57. The van der Waals surface area contributed by atoms with E-state index in [1.807, 2.05) is 24.3 Å². The van der Waals surface area contributed by atoms with Gasteiger partial charge < -0.3 is 9.32 Å². The monoisotopic (exact) mass is 242 g/mol. The molecule has 0 radical (unpaired) electrons. The fourth-order valence-corrected chi connectivity index (χ4v) is 1.88. The van der Waals surface area contributed by atoms with E-state index < -0.39 is 0 Å². The maximum absolute atomic E-state index is 12.2. The van der Waals surface area contributed by atoms with Crippen molar-refractivity contribution in [2.45, 2.75) is 6.92 Å². The van der Waals surface area contributed by atoms with Crippen molar-refractivity contribution in [3.8, 4) is 6.07 Å². The Morgan fingerprint density at radius 3 is 2.94 bits per heavy atom. The molecule has 0 fully saturated rings. The van der Waals surface area contributed by atoms with E-state index in [0.29, 0.717) is 17.7 Å². The maximum atomic E-state index is 12.2. The highest BCUT2D eigenvalue weighted by molar-refractivity contribution is 6.05. The molecular formula is C14H14N2O2. The number of carbonyl (C=O) groups is 1. The molecule has 0 aliphatic carbocycles. The second kappa shape index (κ2) is 4.92. The zero-order valence-corrected chi connectivity index (χ0v) is 10.4. The van der Waals surface area contributed by atoms with Crippen LogP contribution in [-0.2, 0) is 0 Å². The molecule has 0 spiro atoms. The minimum absolute atomic E-state index is 0.123. The predicted molar refractivity (Wildman–Crippen MR) is 68.0 cm³/mol. The molecule has 0 saturated carbocycles. The number of benzene rings is 1. The molecule has 1 atom stereocenters. The standard InChI is InChI=1S/C14H14N2O2/c1-10(7-15)8-16(2)14(17)12-9-18-13-6-4-3-5-11(12)13/h3-6,9-10H,8H2,1-2H3. The molecule has 0 aliphatic rings. The van der Waals surface area contributed by atoms with Crippen molar-refractivity contribution in [3.05, 3.63) is 36.1 Å². The fraction of sp³-hybridized carbons (Fsp3) is 0.286. The van der Waals surface area contributed by atoms with E-state index in [4.69, 9.17) is 9.68 Å². The van der Waals surface area contributed by atoms with Crippen LogP contribution in [0.15, 0.2) is 34.9 Å². The number of hydrogen-bond donors (Lipinski definition) is 0. The average Bonchev–Trinajstić information content (AvgIpc) is 2.81. The summed E-state index contributed by atoms with van der Waals surface area (Å²) >= 11 is 0. The van der Waals surface area contributed by atoms with Gasteiger partial charge in [0.25, 0.3) is 5.91 Å². The molecule has 0 bridgehead atoms. The summed E-state index contributed by atoms with van der Waals surface area (Å²) in [5.74, 6) is -0.306. The van der Waals surface area contributed by atoms with Gasteiger partial charge in [-0.3, -0.25) is 4.79 Å². The molecule has 1 aromatic heterocycles. The van der Waals surface area contributed by atoms with Crippen LogP contribution in [0.5, 0.6) is 0 Å². The van der Waals surface area contributed by atoms with Crippen LogP contribution in [0.4, 0.5) is 0 Å². The predicted octanol–water partition coefficient (Wildman–Crippen LogP) is 2.66. The first-order valence-electron chi connectivity index (χ1n) is 5.74. The fourth-order valence-electron chi connectivity index (χ4n) is 1.88. The van der Waals surface area contributed by atoms with Gasteiger partial charge in [-0.25, -0.2) is 0 Å². The second-order valence-corrected chi connectivity index (χ2v) is 4.36. The van der Waals surface area contributed by atoms with Crippen LogP contribution in [-0.4, -0.2) is 24.4 Å². The van der Waals surface area contributed by atoms with Gasteiger partial charge in [0.05, 0.1) is 17.6 Å². The number of fused-ring (bicyclic) bond motifs is 1. The van der Waals surface area contributed by atoms with Crippen molar-refractivity contribution in [1.29, 1.82) is 5.26 Å². The molecule has 1 aromatic carbocycles. The Kier molecular flexibility index (Phi) is 3.33. The number of rotatable bonds is 3. The Morgan fingerprint density at radius 2 is 2.22 bits per heavy atom. The van der Waals surface area contributed by atoms with Gasteiger partial charge in [0, 0.05) is 19.0 Å². The third-order valence-electron chi connectivity index (χ3n) is 2.83. The van der Waals surface area contributed by atoms with Crippen molar-refractivity contribution >= 4 is 16.9 Å². The number of furan rings is 1. The molecule has 4 heteroatoms. The van der Waals surface area contributed by atoms with Gasteiger partial charge in [-0.15, -0.1) is 0 Å². The molecular weight excluding hydrogens is 228 g/mol. The number of para-hydroxylation sites is 1. The molecule has 0 N–H and O–H groups in total. The van der Waals surface area contributed by atoms with Crippen LogP contribution in [0.1, 0.15) is 17.3 Å². The molecule has 2 aromatic rings. The van der Waals surface area contributed by atoms with E-state index in [1.165, 1.54) is 6.26 Å². The van der Waals surface area contributed by atoms with Crippen molar-refractivity contribution in [1.82, 2.24) is 4.90 Å². The quantitative estimate of drug-likeness (QED) is 0.831. The Hall–Kier alpha value is -2.28. The lowest BCUT2D eigenvalue weighted by molar-refractivity contribution is 0.0786. The largest absolute Gasteiger partial charge is 0.463 e. The average molecular weight is 242 g/mol. The number of carbonyl (C=O) groups excluding carboxylic acids is 1. The summed E-state index contributed by atoms with van der Waals surface area (Å²) in [6, 6.07) is 9.52. The zero-order chi connectivity index (χ0) is 13.1. The van der Waals surface area contributed by atoms with E-state index in [0.717, 1.165) is 5.39 Å². The van der Waals surface area contributed by atoms with Crippen LogP contribution >= 0.6 is 0 Å². The Balaban J connectivity index is 2.26. The number of hydrogen-bond acceptors (Lipinski definition) is 3. The lowest BCUT2D eigenvalue weighted by Crippen LogP contribution is -2.30. The number of nitriles is 1. The van der Waals surface area contributed by atoms with Crippen LogP contribution in [0.3, 0.4) is 0 Å². The van der Waals surface area contributed by atoms with Gasteiger partial charge in [-0.1, -0.05) is 18.2 Å². The lowest BCUT2D eigenvalue weighted by atomic mass is 10.1. The summed E-state index contributed by atoms with van der Waals surface area (Å²) in [4.78, 5) is 13.8. The third kappa shape index (κ3) is 2.21. The summed E-state index contributed by atoms with van der Waals surface area (Å²) in [5.41, 5.74) is 1.24. The minimum Gasteiger partial charge on any atom is -0.463 e. The van der Waals surface area contributed by atoms with Crippen molar-refractivity contribution in [2.24, 2.45) is 5.92 Å². The molecule has 1 amide bonds. The lowest BCUT2D eigenvalue weighted by Gasteiger charge is -2.17. The van der Waals surface area contributed by atoms with Crippen molar-refractivity contribution < 1.29 is 9.21 Å². The van der Waals surface area contributed by atoms with Gasteiger partial charge in [0.1, 0.15) is 11.8 Å². The van der Waals surface area contributed by atoms with Gasteiger partial charge in [0.15, 0.2) is 0 Å². The van der Waals surface area contributed by atoms with Crippen LogP contribution in [0.25, 0.3) is 11.0 Å². The van der Waals surface area contributed by atoms with E-state index in [9.17, 15) is 4.79 Å². The molecule has 1 heterocycles. The topological polar surface area (TPSA) is 57.2 Å². The summed E-state index contributed by atoms with van der Waals surface area (Å²) < 4.78 is 5.34. The molecule has 92 valence electrons. The Morgan fingerprint density at radius 1 is 1.50 bits per heavy atom. The minimum atomic E-state index is -0.183. The Labute approximate surface area is 105 Å². The molecule has 2 rings (SSSR count). The molecule has 4 nitrogen and oxygen atoms in total. The highest BCUT2D eigenvalue weighted by atomic mass is 16.3. The van der Waals surface area contributed by atoms with Crippen LogP contribution < -0.4 is 0 Å². The van der Waals surface area contributed by atoms with E-state index in [-0.39, 0.29) is 11.8 Å². The normalized spacial score (nSPS) is 12.1. The van der Waals surface area contributed by atoms with Gasteiger partial charge in [-0.05, 0) is 13.0 Å². The molecule has 18 heavy (non-hydrogen) atoms. The van der Waals surface area contributed by atoms with Gasteiger partial charge in [0.2, 0.25) is 0 Å².